The Hall–Kier alpha value is -2.03. The number of nitriles is 1. The van der Waals surface area contributed by atoms with Crippen LogP contribution in [-0.4, -0.2) is 24.2 Å². The van der Waals surface area contributed by atoms with Crippen molar-refractivity contribution in [1.82, 2.24) is 10.6 Å². The molecule has 0 saturated carbocycles. The molecule has 0 heterocycles. The molecule has 0 aliphatic carbocycles. The van der Waals surface area contributed by atoms with Crippen LogP contribution in [0.1, 0.15) is 0 Å². The molecule has 0 atom stereocenters. The van der Waals surface area contributed by atoms with E-state index in [1.165, 1.54) is 13.1 Å². The number of carboxylic acid groups (broad SMARTS) is 1. The van der Waals surface area contributed by atoms with E-state index >= 15 is 0 Å². The summed E-state index contributed by atoms with van der Waals surface area (Å²) in [5, 5.41) is 20.7. The number of carbonyl (C=O) groups is 2. The van der Waals surface area contributed by atoms with Crippen molar-refractivity contribution in [3.63, 3.8) is 0 Å². The number of nitrogens with zero attached hydrogens (tertiary/aromatic N) is 1. The van der Waals surface area contributed by atoms with Crippen LogP contribution < -0.4 is 10.6 Å². The van der Waals surface area contributed by atoms with E-state index in [2.05, 4.69) is 5.32 Å². The first-order chi connectivity index (χ1) is 5.61. The molecular weight excluding hydrogens is 162 g/mol. The van der Waals surface area contributed by atoms with E-state index < -0.39 is 17.6 Å². The van der Waals surface area contributed by atoms with Gasteiger partial charge in [-0.05, 0) is 0 Å². The van der Waals surface area contributed by atoms with Crippen LogP contribution in [0.25, 0.3) is 0 Å². The lowest BCUT2D eigenvalue weighted by Gasteiger charge is -1.96. The summed E-state index contributed by atoms with van der Waals surface area (Å²) in [6.45, 7) is 0. The molecule has 0 fully saturated rings. The molecule has 12 heavy (non-hydrogen) atoms. The van der Waals surface area contributed by atoms with Crippen molar-refractivity contribution in [3.05, 3.63) is 11.8 Å². The highest BCUT2D eigenvalue weighted by atomic mass is 16.4. The van der Waals surface area contributed by atoms with E-state index in [1.54, 1.807) is 0 Å². The molecule has 0 aromatic rings. The van der Waals surface area contributed by atoms with Gasteiger partial charge in [0.15, 0.2) is 5.57 Å². The van der Waals surface area contributed by atoms with Gasteiger partial charge in [-0.2, -0.15) is 5.26 Å². The van der Waals surface area contributed by atoms with E-state index in [1.807, 2.05) is 5.32 Å². The van der Waals surface area contributed by atoms with Crippen molar-refractivity contribution in [2.24, 2.45) is 0 Å². The lowest BCUT2D eigenvalue weighted by atomic mass is 10.3. The summed E-state index contributed by atoms with van der Waals surface area (Å²) in [6.07, 6.45) is 0.821. The van der Waals surface area contributed by atoms with Gasteiger partial charge in [0.25, 0.3) is 0 Å². The van der Waals surface area contributed by atoms with Gasteiger partial charge in [0.2, 0.25) is 0 Å². The average molecular weight is 169 g/mol. The fourth-order valence-electron chi connectivity index (χ4n) is 0.352. The van der Waals surface area contributed by atoms with E-state index in [-0.39, 0.29) is 0 Å². The van der Waals surface area contributed by atoms with E-state index in [0.717, 1.165) is 6.20 Å². The zero-order valence-corrected chi connectivity index (χ0v) is 6.29. The molecule has 2 amide bonds. The second kappa shape index (κ2) is 4.73. The van der Waals surface area contributed by atoms with E-state index in [0.29, 0.717) is 0 Å². The molecule has 0 bridgehead atoms. The van der Waals surface area contributed by atoms with Crippen LogP contribution in [0.3, 0.4) is 0 Å². The summed E-state index contributed by atoms with van der Waals surface area (Å²) >= 11 is 0. The third kappa shape index (κ3) is 3.22. The normalized spacial score (nSPS) is 9.83. The molecule has 0 aliphatic rings. The summed E-state index contributed by atoms with van der Waals surface area (Å²) in [4.78, 5) is 20.7. The second-order valence-corrected chi connectivity index (χ2v) is 1.70. The number of hydrogen-bond donors (Lipinski definition) is 3. The van der Waals surface area contributed by atoms with Gasteiger partial charge in [0.05, 0.1) is 0 Å². The first-order valence-corrected chi connectivity index (χ1v) is 2.93. The Balaban J connectivity index is 4.25. The molecule has 6 nitrogen and oxygen atoms in total. The summed E-state index contributed by atoms with van der Waals surface area (Å²) in [7, 11) is 1.37. The Morgan fingerprint density at radius 1 is 1.58 bits per heavy atom. The van der Waals surface area contributed by atoms with Gasteiger partial charge in [0.1, 0.15) is 6.07 Å². The van der Waals surface area contributed by atoms with Gasteiger partial charge in [-0.1, -0.05) is 0 Å². The number of rotatable bonds is 2. The third-order valence-corrected chi connectivity index (χ3v) is 0.926. The summed E-state index contributed by atoms with van der Waals surface area (Å²) < 4.78 is 0. The first kappa shape index (κ1) is 9.97. The van der Waals surface area contributed by atoms with Gasteiger partial charge in [-0.15, -0.1) is 0 Å². The number of carbonyl (C=O) groups excluding carboxylic acids is 1. The number of urea groups is 1. The monoisotopic (exact) mass is 169 g/mol. The van der Waals surface area contributed by atoms with Crippen molar-refractivity contribution in [2.75, 3.05) is 7.05 Å². The zero-order valence-electron chi connectivity index (χ0n) is 6.29. The van der Waals surface area contributed by atoms with Gasteiger partial charge < -0.3 is 15.7 Å². The lowest BCUT2D eigenvalue weighted by Crippen LogP contribution is -2.29. The maximum Gasteiger partial charge on any atom is 0.347 e. The number of hydrogen-bond acceptors (Lipinski definition) is 3. The molecule has 0 unspecified atom stereocenters. The summed E-state index contributed by atoms with van der Waals surface area (Å²) in [5.74, 6) is -1.38. The molecule has 0 aliphatic heterocycles. The third-order valence-electron chi connectivity index (χ3n) is 0.926. The van der Waals surface area contributed by atoms with Gasteiger partial charge >= 0.3 is 12.0 Å². The Morgan fingerprint density at radius 2 is 2.17 bits per heavy atom. The standard InChI is InChI=1S/C6H7N3O3/c1-8-6(12)9-3-4(2-7)5(10)11/h3H,1H3,(H,10,11)(H2,8,9,12)/b4-3-. The Kier molecular flexibility index (Phi) is 3.93. The van der Waals surface area contributed by atoms with Gasteiger partial charge in [-0.25, -0.2) is 9.59 Å². The highest BCUT2D eigenvalue weighted by Crippen LogP contribution is 1.88. The van der Waals surface area contributed by atoms with Crippen LogP contribution in [0.4, 0.5) is 4.79 Å². The minimum atomic E-state index is -1.38. The molecule has 0 radical (unpaired) electrons. The molecule has 0 rings (SSSR count). The van der Waals surface area contributed by atoms with Crippen LogP contribution in [0.5, 0.6) is 0 Å². The average Bonchev–Trinajstić information content (AvgIpc) is 2.04. The maximum absolute atomic E-state index is 10.5. The van der Waals surface area contributed by atoms with Gasteiger partial charge in [-0.3, -0.25) is 0 Å². The van der Waals surface area contributed by atoms with Crippen molar-refractivity contribution < 1.29 is 14.7 Å². The second-order valence-electron chi connectivity index (χ2n) is 1.70. The molecule has 6 heteroatoms. The largest absolute Gasteiger partial charge is 0.477 e. The molecule has 64 valence electrons. The fraction of sp³-hybridized carbons (Fsp3) is 0.167. The number of amides is 2. The minimum absolute atomic E-state index is 0.529. The number of aliphatic carboxylic acids is 1. The highest BCUT2D eigenvalue weighted by molar-refractivity contribution is 5.91. The lowest BCUT2D eigenvalue weighted by molar-refractivity contribution is -0.132. The van der Waals surface area contributed by atoms with Crippen molar-refractivity contribution in [2.45, 2.75) is 0 Å². The van der Waals surface area contributed by atoms with E-state index in [9.17, 15) is 9.59 Å². The van der Waals surface area contributed by atoms with E-state index in [4.69, 9.17) is 10.4 Å². The zero-order chi connectivity index (χ0) is 9.56. The molecule has 3 N–H and O–H groups in total. The predicted molar refractivity (Wildman–Crippen MR) is 38.9 cm³/mol. The topological polar surface area (TPSA) is 102 Å². The Labute approximate surface area is 68.5 Å². The SMILES string of the molecule is CNC(=O)N/C=C(/C#N)C(=O)O. The molecule has 0 saturated heterocycles. The quantitative estimate of drug-likeness (QED) is 0.379. The van der Waals surface area contributed by atoms with Crippen LogP contribution >= 0.6 is 0 Å². The van der Waals surface area contributed by atoms with Crippen molar-refractivity contribution in [1.29, 1.82) is 5.26 Å². The minimum Gasteiger partial charge on any atom is -0.477 e. The van der Waals surface area contributed by atoms with Crippen LogP contribution in [0, 0.1) is 11.3 Å². The van der Waals surface area contributed by atoms with Gasteiger partial charge in [0, 0.05) is 13.2 Å². The predicted octanol–water partition coefficient (Wildman–Crippen LogP) is -0.593. The Morgan fingerprint density at radius 3 is 2.50 bits per heavy atom. The molecule has 0 spiro atoms. The first-order valence-electron chi connectivity index (χ1n) is 2.93. The number of nitrogens with one attached hydrogen (secondary N) is 2. The highest BCUT2D eigenvalue weighted by Gasteiger charge is 2.05. The maximum atomic E-state index is 10.5. The van der Waals surface area contributed by atoms with Crippen molar-refractivity contribution >= 4 is 12.0 Å². The van der Waals surface area contributed by atoms with Crippen LogP contribution in [0.2, 0.25) is 0 Å². The summed E-state index contributed by atoms with van der Waals surface area (Å²) in [6, 6.07) is 0.820. The Bertz CT molecular complexity index is 264. The fourth-order valence-corrected chi connectivity index (χ4v) is 0.352. The number of carboxylic acids is 1. The summed E-state index contributed by atoms with van der Waals surface area (Å²) in [5.41, 5.74) is -0.529. The molecular formula is C6H7N3O3. The van der Waals surface area contributed by atoms with Crippen molar-refractivity contribution in [3.8, 4) is 6.07 Å². The molecule has 0 aromatic heterocycles. The molecule has 0 aromatic carbocycles. The van der Waals surface area contributed by atoms with Crippen LogP contribution in [0.15, 0.2) is 11.8 Å². The smallest absolute Gasteiger partial charge is 0.347 e. The van der Waals surface area contributed by atoms with Crippen LogP contribution in [-0.2, 0) is 4.79 Å².